The Morgan fingerprint density at radius 3 is 2.41 bits per heavy atom. The van der Waals surface area contributed by atoms with Crippen molar-refractivity contribution >= 4 is 17.5 Å². The molecule has 1 saturated carbocycles. The number of halogens is 2. The molecule has 2 amide bonds. The van der Waals surface area contributed by atoms with Crippen LogP contribution in [0.3, 0.4) is 0 Å². The molecule has 1 aliphatic rings. The predicted octanol–water partition coefficient (Wildman–Crippen LogP) is 3.37. The van der Waals surface area contributed by atoms with Crippen LogP contribution in [0.15, 0.2) is 36.4 Å². The van der Waals surface area contributed by atoms with Crippen molar-refractivity contribution in [2.24, 2.45) is 0 Å². The van der Waals surface area contributed by atoms with Gasteiger partial charge in [-0.2, -0.15) is 8.78 Å². The van der Waals surface area contributed by atoms with Crippen molar-refractivity contribution in [3.8, 4) is 11.5 Å². The summed E-state index contributed by atoms with van der Waals surface area (Å²) >= 11 is 0. The molecule has 0 bridgehead atoms. The minimum atomic E-state index is -3.22. The third-order valence-corrected chi connectivity index (χ3v) is 4.82. The number of rotatable bonds is 9. The molecule has 3 rings (SSSR count). The number of ether oxygens (including phenoxy) is 2. The lowest BCUT2D eigenvalue weighted by atomic mass is 10.1. The number of carbonyl (C=O) groups excluding carboxylic acids is 2. The molecule has 2 aromatic rings. The summed E-state index contributed by atoms with van der Waals surface area (Å²) in [6, 6.07) is 8.59. The van der Waals surface area contributed by atoms with Crippen LogP contribution < -0.4 is 14.8 Å². The molecule has 32 heavy (non-hydrogen) atoms. The van der Waals surface area contributed by atoms with Crippen molar-refractivity contribution < 1.29 is 32.8 Å². The fraction of sp³-hybridized carbons (Fsp3) is 0.333. The van der Waals surface area contributed by atoms with Crippen molar-refractivity contribution in [2.45, 2.75) is 32.0 Å². The molecule has 1 N–H and O–H groups in total. The number of nitro groups is 1. The zero-order valence-corrected chi connectivity index (χ0v) is 17.3. The minimum absolute atomic E-state index is 0.0953. The van der Waals surface area contributed by atoms with Gasteiger partial charge >= 0.3 is 6.61 Å². The highest BCUT2D eigenvalue weighted by molar-refractivity contribution is 5.99. The second-order valence-corrected chi connectivity index (χ2v) is 7.26. The average Bonchev–Trinajstić information content (AvgIpc) is 3.56. The molecule has 0 radical (unpaired) electrons. The van der Waals surface area contributed by atoms with Crippen molar-refractivity contribution in [2.75, 3.05) is 14.2 Å². The molecule has 11 heteroatoms. The van der Waals surface area contributed by atoms with Crippen LogP contribution in [0, 0.1) is 10.1 Å². The normalized spacial score (nSPS) is 12.9. The molecule has 0 heterocycles. The summed E-state index contributed by atoms with van der Waals surface area (Å²) in [7, 11) is 2.61. The fourth-order valence-electron chi connectivity index (χ4n) is 3.03. The third kappa shape index (κ3) is 5.48. The highest BCUT2D eigenvalue weighted by atomic mass is 19.3. The van der Waals surface area contributed by atoms with Crippen molar-refractivity contribution in [1.29, 1.82) is 0 Å². The van der Waals surface area contributed by atoms with E-state index >= 15 is 0 Å². The Labute approximate surface area is 182 Å². The SMILES string of the molecule is COc1cc(C(=O)N(C)Cc2ccc(C(=O)NC3CC3)cc2)c([N+](=O)[O-])cc1OC(F)F. The lowest BCUT2D eigenvalue weighted by Crippen LogP contribution is -2.27. The molecule has 170 valence electrons. The topological polar surface area (TPSA) is 111 Å². The number of nitrogens with one attached hydrogen (secondary N) is 1. The molecule has 0 atom stereocenters. The summed E-state index contributed by atoms with van der Waals surface area (Å²) in [5.41, 5.74) is 0.155. The molecular weight excluding hydrogens is 428 g/mol. The standard InChI is InChI=1S/C21H21F2N3O6/c1-25(11-12-3-5-13(6-4-12)19(27)24-14-7-8-14)20(28)15-9-17(31-2)18(32-21(22)23)10-16(15)26(29)30/h3-6,9-10,14,21H,7-8,11H2,1-2H3,(H,24,27). The first-order valence-corrected chi connectivity index (χ1v) is 9.66. The Morgan fingerprint density at radius 2 is 1.88 bits per heavy atom. The van der Waals surface area contributed by atoms with E-state index in [1.165, 1.54) is 19.1 Å². The van der Waals surface area contributed by atoms with Crippen molar-refractivity contribution in [1.82, 2.24) is 10.2 Å². The van der Waals surface area contributed by atoms with Gasteiger partial charge in [-0.25, -0.2) is 0 Å². The number of nitro benzene ring substituents is 1. The van der Waals surface area contributed by atoms with Gasteiger partial charge < -0.3 is 19.7 Å². The number of carbonyl (C=O) groups is 2. The highest BCUT2D eigenvalue weighted by Gasteiger charge is 2.28. The Balaban J connectivity index is 1.78. The summed E-state index contributed by atoms with van der Waals surface area (Å²) in [5, 5.41) is 14.3. The number of nitrogens with zero attached hydrogens (tertiary/aromatic N) is 2. The van der Waals surface area contributed by atoms with Crippen molar-refractivity contribution in [3.63, 3.8) is 0 Å². The van der Waals surface area contributed by atoms with E-state index in [-0.39, 0.29) is 29.8 Å². The van der Waals surface area contributed by atoms with E-state index in [0.717, 1.165) is 25.0 Å². The highest BCUT2D eigenvalue weighted by Crippen LogP contribution is 2.36. The average molecular weight is 449 g/mol. The molecule has 0 aliphatic heterocycles. The number of hydrogen-bond donors (Lipinski definition) is 1. The van der Waals surface area contributed by atoms with Gasteiger partial charge in [0.15, 0.2) is 11.5 Å². The maximum atomic E-state index is 12.9. The van der Waals surface area contributed by atoms with Crippen LogP contribution in [0.1, 0.15) is 39.1 Å². The second kappa shape index (κ2) is 9.58. The van der Waals surface area contributed by atoms with E-state index in [0.29, 0.717) is 11.1 Å². The first kappa shape index (κ1) is 22.9. The third-order valence-electron chi connectivity index (χ3n) is 4.82. The van der Waals surface area contributed by atoms with Gasteiger partial charge in [0.1, 0.15) is 5.56 Å². The van der Waals surface area contributed by atoms with E-state index in [9.17, 15) is 28.5 Å². The number of amides is 2. The zero-order chi connectivity index (χ0) is 23.4. The van der Waals surface area contributed by atoms with Gasteiger partial charge in [0.25, 0.3) is 17.5 Å². The number of alkyl halides is 2. The molecule has 1 aliphatic carbocycles. The van der Waals surface area contributed by atoms with E-state index in [2.05, 4.69) is 10.1 Å². The minimum Gasteiger partial charge on any atom is -0.493 e. The van der Waals surface area contributed by atoms with E-state index in [4.69, 9.17) is 4.74 Å². The summed E-state index contributed by atoms with van der Waals surface area (Å²) in [6.07, 6.45) is 1.95. The number of hydrogen-bond acceptors (Lipinski definition) is 6. The van der Waals surface area contributed by atoms with Gasteiger partial charge in [0.2, 0.25) is 0 Å². The zero-order valence-electron chi connectivity index (χ0n) is 17.3. The second-order valence-electron chi connectivity index (χ2n) is 7.26. The van der Waals surface area contributed by atoms with E-state index < -0.39 is 28.9 Å². The van der Waals surface area contributed by atoms with Crippen LogP contribution in [0.25, 0.3) is 0 Å². The molecule has 9 nitrogen and oxygen atoms in total. The number of benzene rings is 2. The monoisotopic (exact) mass is 449 g/mol. The Bertz CT molecular complexity index is 1020. The van der Waals surface area contributed by atoms with Gasteiger partial charge in [0, 0.05) is 31.3 Å². The molecule has 2 aromatic carbocycles. The van der Waals surface area contributed by atoms with Gasteiger partial charge in [-0.1, -0.05) is 12.1 Å². The molecule has 1 fully saturated rings. The summed E-state index contributed by atoms with van der Waals surface area (Å²) in [6.45, 7) is -3.12. The predicted molar refractivity (Wildman–Crippen MR) is 109 cm³/mol. The number of methoxy groups -OCH3 is 1. The van der Waals surface area contributed by atoms with Crippen LogP contribution in [0.2, 0.25) is 0 Å². The van der Waals surface area contributed by atoms with E-state index in [1.54, 1.807) is 24.3 Å². The van der Waals surface area contributed by atoms with E-state index in [1.807, 2.05) is 0 Å². The molecule has 0 saturated heterocycles. The quantitative estimate of drug-likeness (QED) is 0.464. The molecular formula is C21H21F2N3O6. The van der Waals surface area contributed by atoms with Crippen LogP contribution in [0.4, 0.5) is 14.5 Å². The Hall–Kier alpha value is -3.76. The largest absolute Gasteiger partial charge is 0.493 e. The maximum Gasteiger partial charge on any atom is 0.387 e. The Morgan fingerprint density at radius 1 is 1.22 bits per heavy atom. The fourth-order valence-corrected chi connectivity index (χ4v) is 3.03. The summed E-state index contributed by atoms with van der Waals surface area (Å²) in [5.74, 6) is -1.67. The first-order valence-electron chi connectivity index (χ1n) is 9.66. The van der Waals surface area contributed by atoms with Crippen LogP contribution in [-0.2, 0) is 6.54 Å². The summed E-state index contributed by atoms with van der Waals surface area (Å²) < 4.78 is 34.4. The lowest BCUT2D eigenvalue weighted by Gasteiger charge is -2.19. The first-order chi connectivity index (χ1) is 15.2. The maximum absolute atomic E-state index is 12.9. The smallest absolute Gasteiger partial charge is 0.387 e. The van der Waals surface area contributed by atoms with Crippen LogP contribution in [0.5, 0.6) is 11.5 Å². The van der Waals surface area contributed by atoms with Crippen LogP contribution in [-0.4, -0.2) is 48.4 Å². The van der Waals surface area contributed by atoms with Gasteiger partial charge in [-0.05, 0) is 30.5 Å². The van der Waals surface area contributed by atoms with Gasteiger partial charge in [0.05, 0.1) is 18.1 Å². The Kier molecular flexibility index (Phi) is 6.86. The lowest BCUT2D eigenvalue weighted by molar-refractivity contribution is -0.385. The van der Waals surface area contributed by atoms with Crippen molar-refractivity contribution in [3.05, 3.63) is 63.2 Å². The molecule has 0 unspecified atom stereocenters. The van der Waals surface area contributed by atoms with Gasteiger partial charge in [-0.15, -0.1) is 0 Å². The molecule has 0 spiro atoms. The van der Waals surface area contributed by atoms with Crippen LogP contribution >= 0.6 is 0 Å². The van der Waals surface area contributed by atoms with Gasteiger partial charge in [-0.3, -0.25) is 19.7 Å². The summed E-state index contributed by atoms with van der Waals surface area (Å²) in [4.78, 5) is 36.8. The molecule has 0 aromatic heterocycles.